The molecule has 0 radical (unpaired) electrons. The van der Waals surface area contributed by atoms with E-state index < -0.39 is 5.82 Å². The number of nitrogens with zero attached hydrogens (tertiary/aromatic N) is 5. The molecule has 0 aliphatic carbocycles. The van der Waals surface area contributed by atoms with Crippen LogP contribution in [0.15, 0.2) is 41.0 Å². The SMILES string of the molecule is N#CNC(=NCCCCCN1CCN(C(=O)c2sccc2F)CC1)Nc1ccncc1. The van der Waals surface area contributed by atoms with Gasteiger partial charge in [0.2, 0.25) is 5.96 Å². The predicted octanol–water partition coefficient (Wildman–Crippen LogP) is 2.75. The molecule has 0 saturated carbocycles. The van der Waals surface area contributed by atoms with Crippen molar-refractivity contribution in [3.05, 3.63) is 46.7 Å². The molecule has 2 aromatic heterocycles. The Kier molecular flexibility index (Phi) is 8.75. The third-order valence-corrected chi connectivity index (χ3v) is 5.87. The van der Waals surface area contributed by atoms with Crippen LogP contribution in [0.2, 0.25) is 0 Å². The van der Waals surface area contributed by atoms with E-state index in [1.54, 1.807) is 34.8 Å². The van der Waals surface area contributed by atoms with Gasteiger partial charge in [0.25, 0.3) is 5.91 Å². The highest BCUT2D eigenvalue weighted by Crippen LogP contribution is 2.18. The minimum absolute atomic E-state index is 0.202. The first-order chi connectivity index (χ1) is 15.2. The van der Waals surface area contributed by atoms with E-state index in [2.05, 4.69) is 25.5 Å². The minimum Gasteiger partial charge on any atom is -0.335 e. The number of carbonyl (C=O) groups is 1. The summed E-state index contributed by atoms with van der Waals surface area (Å²) >= 11 is 1.16. The van der Waals surface area contributed by atoms with Crippen LogP contribution < -0.4 is 10.6 Å². The Morgan fingerprint density at radius 3 is 2.65 bits per heavy atom. The van der Waals surface area contributed by atoms with Gasteiger partial charge in [-0.1, -0.05) is 6.42 Å². The number of nitriles is 1. The maximum Gasteiger partial charge on any atom is 0.267 e. The number of anilines is 1. The van der Waals surface area contributed by atoms with E-state index in [1.165, 1.54) is 6.07 Å². The molecule has 1 aliphatic rings. The standard InChI is InChI=1S/C21H26FN7OS/c22-18-6-15-31-19(18)20(30)29-13-11-28(12-14-29)10-3-1-2-7-25-21(26-16-23)27-17-4-8-24-9-5-17/h4-6,8-9,15H,1-3,7,10-14H2,(H2,24,25,26,27). The van der Waals surface area contributed by atoms with E-state index in [0.717, 1.165) is 55.9 Å². The number of aromatic nitrogens is 1. The van der Waals surface area contributed by atoms with Crippen molar-refractivity contribution >= 4 is 28.9 Å². The quantitative estimate of drug-likeness (QED) is 0.214. The maximum absolute atomic E-state index is 13.6. The lowest BCUT2D eigenvalue weighted by atomic mass is 10.2. The Labute approximate surface area is 185 Å². The molecule has 3 rings (SSSR count). The number of piperazine rings is 1. The van der Waals surface area contributed by atoms with Gasteiger partial charge in [-0.3, -0.25) is 25.0 Å². The summed E-state index contributed by atoms with van der Waals surface area (Å²) in [6, 6.07) is 4.95. The van der Waals surface area contributed by atoms with Crippen molar-refractivity contribution in [2.45, 2.75) is 19.3 Å². The molecule has 2 N–H and O–H groups in total. The zero-order valence-electron chi connectivity index (χ0n) is 17.3. The first-order valence-corrected chi connectivity index (χ1v) is 11.2. The van der Waals surface area contributed by atoms with Crippen LogP contribution >= 0.6 is 11.3 Å². The smallest absolute Gasteiger partial charge is 0.267 e. The van der Waals surface area contributed by atoms with Gasteiger partial charge in [-0.15, -0.1) is 11.3 Å². The molecule has 10 heteroatoms. The normalized spacial score (nSPS) is 14.8. The number of aliphatic imine (C=N–C) groups is 1. The van der Waals surface area contributed by atoms with Crippen LogP contribution in [0.1, 0.15) is 28.9 Å². The summed E-state index contributed by atoms with van der Waals surface area (Å²) in [5, 5.41) is 16.1. The van der Waals surface area contributed by atoms with E-state index in [1.807, 2.05) is 6.19 Å². The molecule has 8 nitrogen and oxygen atoms in total. The van der Waals surface area contributed by atoms with Crippen molar-refractivity contribution in [2.24, 2.45) is 4.99 Å². The van der Waals surface area contributed by atoms with Crippen molar-refractivity contribution in [1.29, 1.82) is 5.26 Å². The number of hydrogen-bond acceptors (Lipinski definition) is 6. The van der Waals surface area contributed by atoms with E-state index in [4.69, 9.17) is 5.26 Å². The summed E-state index contributed by atoms with van der Waals surface area (Å²) in [4.78, 5) is 25.0. The number of pyridine rings is 1. The summed E-state index contributed by atoms with van der Waals surface area (Å²) in [7, 11) is 0. The van der Waals surface area contributed by atoms with Gasteiger partial charge in [0, 0.05) is 50.8 Å². The average Bonchev–Trinajstić information content (AvgIpc) is 3.22. The topological polar surface area (TPSA) is 96.7 Å². The number of nitrogens with one attached hydrogen (secondary N) is 2. The lowest BCUT2D eigenvalue weighted by Gasteiger charge is -2.34. The van der Waals surface area contributed by atoms with Crippen LogP contribution in [0.3, 0.4) is 0 Å². The largest absolute Gasteiger partial charge is 0.335 e. The molecule has 3 heterocycles. The minimum atomic E-state index is -0.427. The number of amides is 1. The summed E-state index contributed by atoms with van der Waals surface area (Å²) < 4.78 is 13.6. The highest BCUT2D eigenvalue weighted by molar-refractivity contribution is 7.12. The van der Waals surface area contributed by atoms with Crippen molar-refractivity contribution in [2.75, 3.05) is 44.6 Å². The van der Waals surface area contributed by atoms with Crippen LogP contribution in [-0.2, 0) is 0 Å². The Bertz CT molecular complexity index is 904. The third kappa shape index (κ3) is 7.01. The first-order valence-electron chi connectivity index (χ1n) is 10.3. The van der Waals surface area contributed by atoms with Gasteiger partial charge >= 0.3 is 0 Å². The number of unbranched alkanes of at least 4 members (excludes halogenated alkanes) is 2. The molecule has 0 unspecified atom stereocenters. The number of guanidine groups is 1. The molecule has 1 saturated heterocycles. The van der Waals surface area contributed by atoms with Crippen LogP contribution in [0.25, 0.3) is 0 Å². The summed E-state index contributed by atoms with van der Waals surface area (Å²) in [5.74, 6) is -0.201. The van der Waals surface area contributed by atoms with Crippen LogP contribution in [0.5, 0.6) is 0 Å². The number of halogens is 1. The summed E-state index contributed by atoms with van der Waals surface area (Å²) in [6.45, 7) is 4.47. The van der Waals surface area contributed by atoms with Crippen LogP contribution in [0.4, 0.5) is 10.1 Å². The average molecular weight is 444 g/mol. The number of rotatable bonds is 8. The maximum atomic E-state index is 13.6. The molecular formula is C21H26FN7OS. The number of carbonyl (C=O) groups excluding carboxylic acids is 1. The van der Waals surface area contributed by atoms with Gasteiger partial charge in [-0.25, -0.2) is 4.39 Å². The van der Waals surface area contributed by atoms with E-state index in [9.17, 15) is 9.18 Å². The second-order valence-electron chi connectivity index (χ2n) is 7.12. The monoisotopic (exact) mass is 443 g/mol. The van der Waals surface area contributed by atoms with Gasteiger partial charge in [0.05, 0.1) is 0 Å². The lowest BCUT2D eigenvalue weighted by Crippen LogP contribution is -2.48. The zero-order chi connectivity index (χ0) is 21.9. The van der Waals surface area contributed by atoms with Crippen LogP contribution in [-0.4, -0.2) is 65.9 Å². The molecule has 1 fully saturated rings. The molecule has 0 aromatic carbocycles. The summed E-state index contributed by atoms with van der Waals surface area (Å²) in [6.07, 6.45) is 8.22. The van der Waals surface area contributed by atoms with Gasteiger partial charge in [-0.05, 0) is 43.0 Å². The Balaban J connectivity index is 1.31. The third-order valence-electron chi connectivity index (χ3n) is 4.99. The summed E-state index contributed by atoms with van der Waals surface area (Å²) in [5.41, 5.74) is 0.816. The Morgan fingerprint density at radius 2 is 1.97 bits per heavy atom. The first kappa shape index (κ1) is 22.7. The van der Waals surface area contributed by atoms with E-state index in [-0.39, 0.29) is 10.8 Å². The fourth-order valence-electron chi connectivity index (χ4n) is 3.31. The zero-order valence-corrected chi connectivity index (χ0v) is 18.1. The van der Waals surface area contributed by atoms with E-state index >= 15 is 0 Å². The van der Waals surface area contributed by atoms with Gasteiger partial charge in [0.15, 0.2) is 6.19 Å². The van der Waals surface area contributed by atoms with Gasteiger partial charge < -0.3 is 10.2 Å². The Hall–Kier alpha value is -3.03. The molecule has 164 valence electrons. The molecule has 0 bridgehead atoms. The fourth-order valence-corrected chi connectivity index (χ4v) is 4.05. The Morgan fingerprint density at radius 1 is 1.19 bits per heavy atom. The molecule has 31 heavy (non-hydrogen) atoms. The van der Waals surface area contributed by atoms with E-state index in [0.29, 0.717) is 25.6 Å². The second-order valence-corrected chi connectivity index (χ2v) is 8.04. The van der Waals surface area contributed by atoms with Crippen molar-refractivity contribution < 1.29 is 9.18 Å². The second kappa shape index (κ2) is 12.0. The molecule has 2 aromatic rings. The number of thiophene rings is 1. The highest BCUT2D eigenvalue weighted by atomic mass is 32.1. The molecule has 1 aliphatic heterocycles. The molecular weight excluding hydrogens is 417 g/mol. The fraction of sp³-hybridized carbons (Fsp3) is 0.429. The van der Waals surface area contributed by atoms with Gasteiger partial charge in [0.1, 0.15) is 10.7 Å². The lowest BCUT2D eigenvalue weighted by molar-refractivity contribution is 0.0636. The van der Waals surface area contributed by atoms with Gasteiger partial charge in [-0.2, -0.15) is 5.26 Å². The van der Waals surface area contributed by atoms with Crippen molar-refractivity contribution in [3.63, 3.8) is 0 Å². The predicted molar refractivity (Wildman–Crippen MR) is 119 cm³/mol. The van der Waals surface area contributed by atoms with Crippen molar-refractivity contribution in [1.82, 2.24) is 20.1 Å². The highest BCUT2D eigenvalue weighted by Gasteiger charge is 2.24. The van der Waals surface area contributed by atoms with Crippen molar-refractivity contribution in [3.8, 4) is 6.19 Å². The molecule has 0 atom stereocenters. The number of hydrogen-bond donors (Lipinski definition) is 2. The molecule has 0 spiro atoms. The van der Waals surface area contributed by atoms with Crippen LogP contribution in [0, 0.1) is 17.3 Å². The molecule has 1 amide bonds.